The minimum atomic E-state index is -0.779. The third-order valence-electron chi connectivity index (χ3n) is 3.10. The molecular formula is C9H16N6O2. The van der Waals surface area contributed by atoms with Gasteiger partial charge in [-0.2, -0.15) is 0 Å². The van der Waals surface area contributed by atoms with Gasteiger partial charge in [0.25, 0.3) is 0 Å². The van der Waals surface area contributed by atoms with E-state index in [9.17, 15) is 4.79 Å². The Morgan fingerprint density at radius 2 is 2.00 bits per heavy atom. The topological polar surface area (TPSA) is 87.4 Å². The summed E-state index contributed by atoms with van der Waals surface area (Å²) < 4.78 is 1.62. The summed E-state index contributed by atoms with van der Waals surface area (Å²) in [5.41, 5.74) is 0. The zero-order valence-electron chi connectivity index (χ0n) is 9.94. The van der Waals surface area contributed by atoms with E-state index < -0.39 is 12.0 Å². The Hall–Kier alpha value is -1.70. The van der Waals surface area contributed by atoms with Crippen LogP contribution in [0.25, 0.3) is 0 Å². The first-order valence-electron chi connectivity index (χ1n) is 5.53. The van der Waals surface area contributed by atoms with E-state index in [1.807, 2.05) is 4.90 Å². The molecule has 1 aromatic heterocycles. The van der Waals surface area contributed by atoms with E-state index in [2.05, 4.69) is 20.4 Å². The molecule has 1 aliphatic rings. The van der Waals surface area contributed by atoms with Crippen LogP contribution in [-0.2, 0) is 11.8 Å². The predicted octanol–water partition coefficient (Wildman–Crippen LogP) is -1.19. The molecule has 2 heterocycles. The van der Waals surface area contributed by atoms with Crippen LogP contribution in [0.1, 0.15) is 6.92 Å². The van der Waals surface area contributed by atoms with Gasteiger partial charge in [-0.1, -0.05) is 5.10 Å². The van der Waals surface area contributed by atoms with Crippen molar-refractivity contribution in [1.82, 2.24) is 25.1 Å². The second-order valence-electron chi connectivity index (χ2n) is 4.14. The summed E-state index contributed by atoms with van der Waals surface area (Å²) >= 11 is 0. The fourth-order valence-corrected chi connectivity index (χ4v) is 1.96. The maximum Gasteiger partial charge on any atom is 0.320 e. The van der Waals surface area contributed by atoms with Gasteiger partial charge in [0, 0.05) is 33.2 Å². The number of nitrogens with zero attached hydrogens (tertiary/aromatic N) is 6. The first-order chi connectivity index (χ1) is 8.09. The summed E-state index contributed by atoms with van der Waals surface area (Å²) in [6.07, 6.45) is 0. The van der Waals surface area contributed by atoms with Crippen LogP contribution in [0, 0.1) is 0 Å². The molecule has 1 aliphatic heterocycles. The third-order valence-corrected chi connectivity index (χ3v) is 3.10. The molecule has 0 saturated carbocycles. The highest BCUT2D eigenvalue weighted by Crippen LogP contribution is 2.12. The zero-order chi connectivity index (χ0) is 12.4. The van der Waals surface area contributed by atoms with Crippen LogP contribution >= 0.6 is 0 Å². The normalized spacial score (nSPS) is 19.3. The van der Waals surface area contributed by atoms with Gasteiger partial charge in [-0.15, -0.1) is 0 Å². The molecule has 0 spiro atoms. The van der Waals surface area contributed by atoms with Crippen molar-refractivity contribution in [3.63, 3.8) is 0 Å². The second-order valence-corrected chi connectivity index (χ2v) is 4.14. The number of carbonyl (C=O) groups is 1. The number of carboxylic acid groups (broad SMARTS) is 1. The number of aryl methyl sites for hydroxylation is 1. The van der Waals surface area contributed by atoms with Crippen molar-refractivity contribution < 1.29 is 9.90 Å². The molecule has 0 radical (unpaired) electrons. The summed E-state index contributed by atoms with van der Waals surface area (Å²) in [7, 11) is 1.79. The summed E-state index contributed by atoms with van der Waals surface area (Å²) in [5.74, 6) is -0.0496. The molecular weight excluding hydrogens is 224 g/mol. The molecule has 8 nitrogen and oxygen atoms in total. The highest BCUT2D eigenvalue weighted by molar-refractivity contribution is 5.72. The van der Waals surface area contributed by atoms with Crippen molar-refractivity contribution in [3.05, 3.63) is 0 Å². The number of anilines is 1. The lowest BCUT2D eigenvalue weighted by atomic mass is 10.2. The molecule has 1 fully saturated rings. The molecule has 1 saturated heterocycles. The Morgan fingerprint density at radius 3 is 2.47 bits per heavy atom. The molecule has 0 aliphatic carbocycles. The average molecular weight is 240 g/mol. The van der Waals surface area contributed by atoms with E-state index >= 15 is 0 Å². The number of tetrazole rings is 1. The standard InChI is InChI=1S/C9H16N6O2/c1-7(8(16)17)14-3-5-15(6-4-14)9-10-11-12-13(9)2/h7H,3-6H2,1-2H3,(H,16,17). The SMILES string of the molecule is CC(C(=O)O)N1CCN(c2nnnn2C)CC1. The number of piperazine rings is 1. The Labute approximate surface area is 98.8 Å². The van der Waals surface area contributed by atoms with Gasteiger partial charge in [0.1, 0.15) is 6.04 Å². The minimum Gasteiger partial charge on any atom is -0.480 e. The van der Waals surface area contributed by atoms with Crippen LogP contribution in [0.5, 0.6) is 0 Å². The minimum absolute atomic E-state index is 0.435. The Bertz CT molecular complexity index is 398. The number of aliphatic carboxylic acids is 1. The summed E-state index contributed by atoms with van der Waals surface area (Å²) in [5, 5.41) is 20.2. The van der Waals surface area contributed by atoms with Crippen molar-refractivity contribution in [2.75, 3.05) is 31.1 Å². The van der Waals surface area contributed by atoms with Crippen molar-refractivity contribution in [3.8, 4) is 0 Å². The molecule has 1 N–H and O–H groups in total. The van der Waals surface area contributed by atoms with Crippen molar-refractivity contribution in [2.24, 2.45) is 7.05 Å². The number of hydrogen-bond acceptors (Lipinski definition) is 6. The molecule has 1 atom stereocenters. The zero-order valence-corrected chi connectivity index (χ0v) is 9.94. The van der Waals surface area contributed by atoms with Gasteiger partial charge in [-0.05, 0) is 17.4 Å². The van der Waals surface area contributed by atoms with Crippen LogP contribution in [0.15, 0.2) is 0 Å². The highest BCUT2D eigenvalue weighted by atomic mass is 16.4. The maximum atomic E-state index is 10.9. The lowest BCUT2D eigenvalue weighted by Crippen LogP contribution is -2.52. The molecule has 17 heavy (non-hydrogen) atoms. The quantitative estimate of drug-likeness (QED) is 0.710. The average Bonchev–Trinajstić information content (AvgIpc) is 2.74. The van der Waals surface area contributed by atoms with Gasteiger partial charge < -0.3 is 10.0 Å². The van der Waals surface area contributed by atoms with E-state index in [4.69, 9.17) is 5.11 Å². The van der Waals surface area contributed by atoms with Gasteiger partial charge in [-0.3, -0.25) is 9.69 Å². The molecule has 94 valence electrons. The van der Waals surface area contributed by atoms with Crippen LogP contribution < -0.4 is 4.90 Å². The lowest BCUT2D eigenvalue weighted by molar-refractivity contribution is -0.142. The largest absolute Gasteiger partial charge is 0.480 e. The lowest BCUT2D eigenvalue weighted by Gasteiger charge is -2.36. The second kappa shape index (κ2) is 4.66. The highest BCUT2D eigenvalue weighted by Gasteiger charge is 2.26. The van der Waals surface area contributed by atoms with Gasteiger partial charge in [0.05, 0.1) is 0 Å². The molecule has 0 aromatic carbocycles. The van der Waals surface area contributed by atoms with E-state index in [1.165, 1.54) is 0 Å². The predicted molar refractivity (Wildman–Crippen MR) is 59.7 cm³/mol. The van der Waals surface area contributed by atoms with Crippen LogP contribution in [0.4, 0.5) is 5.95 Å². The first-order valence-corrected chi connectivity index (χ1v) is 5.53. The van der Waals surface area contributed by atoms with E-state index in [-0.39, 0.29) is 0 Å². The molecule has 0 bridgehead atoms. The van der Waals surface area contributed by atoms with Crippen molar-refractivity contribution >= 4 is 11.9 Å². The Kier molecular flexibility index (Phi) is 3.23. The van der Waals surface area contributed by atoms with Crippen molar-refractivity contribution in [1.29, 1.82) is 0 Å². The van der Waals surface area contributed by atoms with E-state index in [1.54, 1.807) is 18.7 Å². The molecule has 1 unspecified atom stereocenters. The van der Waals surface area contributed by atoms with E-state index in [0.717, 1.165) is 19.0 Å². The third kappa shape index (κ3) is 2.36. The van der Waals surface area contributed by atoms with Gasteiger partial charge in [0.15, 0.2) is 0 Å². The number of rotatable bonds is 3. The molecule has 1 aromatic rings. The maximum absolute atomic E-state index is 10.9. The van der Waals surface area contributed by atoms with Gasteiger partial charge in [0.2, 0.25) is 5.95 Å². The summed E-state index contributed by atoms with van der Waals surface area (Å²) in [4.78, 5) is 14.9. The summed E-state index contributed by atoms with van der Waals surface area (Å²) in [6, 6.07) is -0.435. The van der Waals surface area contributed by atoms with Crippen LogP contribution in [0.3, 0.4) is 0 Å². The van der Waals surface area contributed by atoms with Crippen LogP contribution in [0.2, 0.25) is 0 Å². The van der Waals surface area contributed by atoms with Crippen LogP contribution in [-0.4, -0.2) is 68.4 Å². The Balaban J connectivity index is 1.95. The molecule has 8 heteroatoms. The van der Waals surface area contributed by atoms with Gasteiger partial charge >= 0.3 is 5.97 Å². The molecule has 0 amide bonds. The number of carboxylic acids is 1. The fourth-order valence-electron chi connectivity index (χ4n) is 1.96. The van der Waals surface area contributed by atoms with Crippen molar-refractivity contribution in [2.45, 2.75) is 13.0 Å². The fraction of sp³-hybridized carbons (Fsp3) is 0.778. The first kappa shape index (κ1) is 11.8. The van der Waals surface area contributed by atoms with E-state index in [0.29, 0.717) is 13.1 Å². The number of hydrogen-bond donors (Lipinski definition) is 1. The Morgan fingerprint density at radius 1 is 1.35 bits per heavy atom. The smallest absolute Gasteiger partial charge is 0.320 e. The monoisotopic (exact) mass is 240 g/mol. The number of aromatic nitrogens is 4. The molecule has 2 rings (SSSR count). The summed E-state index contributed by atoms with van der Waals surface area (Å²) in [6.45, 7) is 4.61. The van der Waals surface area contributed by atoms with Gasteiger partial charge in [-0.25, -0.2) is 4.68 Å².